The van der Waals surface area contributed by atoms with Gasteiger partial charge in [-0.2, -0.15) is 0 Å². The number of rotatable bonds is 4. The van der Waals surface area contributed by atoms with Gasteiger partial charge in [-0.3, -0.25) is 9.59 Å². The standard InChI is InChI=1S/C19H19FN2O3/c1-25-16-4-2-3-13(11-16)12-17(23)22-10-9-21-19(24)18(22)14-5-7-15(20)8-6-14/h2-8,11,18H,9-10,12H2,1H3,(H,21,24). The Balaban J connectivity index is 1.83. The SMILES string of the molecule is COc1cccc(CC(=O)N2CCNC(=O)C2c2ccc(F)cc2)c1. The maximum atomic E-state index is 13.2. The summed E-state index contributed by atoms with van der Waals surface area (Å²) in [7, 11) is 1.57. The number of nitrogens with one attached hydrogen (secondary N) is 1. The largest absolute Gasteiger partial charge is 0.497 e. The van der Waals surface area contributed by atoms with E-state index in [-0.39, 0.29) is 24.1 Å². The van der Waals surface area contributed by atoms with Crippen molar-refractivity contribution in [3.05, 3.63) is 65.5 Å². The first-order valence-electron chi connectivity index (χ1n) is 8.04. The summed E-state index contributed by atoms with van der Waals surface area (Å²) < 4.78 is 18.3. The molecular weight excluding hydrogens is 323 g/mol. The Morgan fingerprint density at radius 3 is 2.76 bits per heavy atom. The van der Waals surface area contributed by atoms with Gasteiger partial charge in [0.05, 0.1) is 13.5 Å². The third kappa shape index (κ3) is 3.79. The van der Waals surface area contributed by atoms with Crippen molar-refractivity contribution >= 4 is 11.8 Å². The summed E-state index contributed by atoms with van der Waals surface area (Å²) in [4.78, 5) is 26.7. The van der Waals surface area contributed by atoms with Gasteiger partial charge in [0.2, 0.25) is 11.8 Å². The fourth-order valence-corrected chi connectivity index (χ4v) is 2.97. The fourth-order valence-electron chi connectivity index (χ4n) is 2.97. The number of hydrogen-bond donors (Lipinski definition) is 1. The third-order valence-corrected chi connectivity index (χ3v) is 4.21. The molecule has 0 radical (unpaired) electrons. The Morgan fingerprint density at radius 2 is 2.04 bits per heavy atom. The molecule has 6 heteroatoms. The molecule has 0 spiro atoms. The second-order valence-electron chi connectivity index (χ2n) is 5.86. The van der Waals surface area contributed by atoms with E-state index in [1.54, 1.807) is 18.1 Å². The summed E-state index contributed by atoms with van der Waals surface area (Å²) in [5.41, 5.74) is 1.41. The van der Waals surface area contributed by atoms with Crippen LogP contribution in [-0.2, 0) is 16.0 Å². The Bertz CT molecular complexity index is 776. The van der Waals surface area contributed by atoms with E-state index in [0.717, 1.165) is 5.56 Å². The summed E-state index contributed by atoms with van der Waals surface area (Å²) >= 11 is 0. The van der Waals surface area contributed by atoms with E-state index in [4.69, 9.17) is 4.74 Å². The van der Waals surface area contributed by atoms with Crippen molar-refractivity contribution in [3.63, 3.8) is 0 Å². The molecule has 25 heavy (non-hydrogen) atoms. The molecule has 0 aromatic heterocycles. The van der Waals surface area contributed by atoms with Gasteiger partial charge >= 0.3 is 0 Å². The Kier molecular flexibility index (Phi) is 4.97. The summed E-state index contributed by atoms with van der Waals surface area (Å²) in [6, 6.07) is 12.2. The molecular formula is C19H19FN2O3. The quantitative estimate of drug-likeness (QED) is 0.925. The van der Waals surface area contributed by atoms with Gasteiger partial charge in [0.25, 0.3) is 0 Å². The predicted molar refractivity (Wildman–Crippen MR) is 90.6 cm³/mol. The Morgan fingerprint density at radius 1 is 1.28 bits per heavy atom. The van der Waals surface area contributed by atoms with Gasteiger partial charge in [0.15, 0.2) is 0 Å². The smallest absolute Gasteiger partial charge is 0.247 e. The van der Waals surface area contributed by atoms with E-state index in [2.05, 4.69) is 5.32 Å². The van der Waals surface area contributed by atoms with Crippen LogP contribution in [-0.4, -0.2) is 36.9 Å². The number of hydrogen-bond acceptors (Lipinski definition) is 3. The van der Waals surface area contributed by atoms with Gasteiger partial charge in [-0.1, -0.05) is 24.3 Å². The minimum absolute atomic E-state index is 0.155. The van der Waals surface area contributed by atoms with Crippen LogP contribution in [0.5, 0.6) is 5.75 Å². The van der Waals surface area contributed by atoms with Crippen molar-refractivity contribution in [2.75, 3.05) is 20.2 Å². The minimum Gasteiger partial charge on any atom is -0.497 e. The average molecular weight is 342 g/mol. The zero-order valence-electron chi connectivity index (χ0n) is 13.9. The molecule has 1 fully saturated rings. The van der Waals surface area contributed by atoms with Gasteiger partial charge in [0, 0.05) is 13.1 Å². The lowest BCUT2D eigenvalue weighted by molar-refractivity contribution is -0.143. The van der Waals surface area contributed by atoms with Crippen LogP contribution in [0.3, 0.4) is 0 Å². The summed E-state index contributed by atoms with van der Waals surface area (Å²) in [6.07, 6.45) is 0.169. The maximum absolute atomic E-state index is 13.2. The van der Waals surface area contributed by atoms with E-state index in [1.165, 1.54) is 24.3 Å². The van der Waals surface area contributed by atoms with Gasteiger partial charge in [0.1, 0.15) is 17.6 Å². The number of methoxy groups -OCH3 is 1. The molecule has 1 unspecified atom stereocenters. The molecule has 1 saturated heterocycles. The first kappa shape index (κ1) is 17.0. The predicted octanol–water partition coefficient (Wildman–Crippen LogP) is 2.08. The van der Waals surface area contributed by atoms with Gasteiger partial charge < -0.3 is 15.0 Å². The highest BCUT2D eigenvalue weighted by Crippen LogP contribution is 2.25. The monoisotopic (exact) mass is 342 g/mol. The Labute approximate surface area is 145 Å². The van der Waals surface area contributed by atoms with Crippen LogP contribution >= 0.6 is 0 Å². The molecule has 5 nitrogen and oxygen atoms in total. The van der Waals surface area contributed by atoms with Gasteiger partial charge in [-0.05, 0) is 35.4 Å². The number of benzene rings is 2. The molecule has 1 aliphatic rings. The van der Waals surface area contributed by atoms with Crippen molar-refractivity contribution in [1.82, 2.24) is 10.2 Å². The first-order chi connectivity index (χ1) is 12.1. The summed E-state index contributed by atoms with van der Waals surface area (Å²) in [6.45, 7) is 0.816. The van der Waals surface area contributed by atoms with Gasteiger partial charge in [-0.25, -0.2) is 4.39 Å². The summed E-state index contributed by atoms with van der Waals surface area (Å²) in [5.74, 6) is -0.111. The van der Waals surface area contributed by atoms with Crippen LogP contribution in [0.25, 0.3) is 0 Å². The van der Waals surface area contributed by atoms with Crippen molar-refractivity contribution in [1.29, 1.82) is 0 Å². The molecule has 130 valence electrons. The van der Waals surface area contributed by atoms with Gasteiger partial charge in [-0.15, -0.1) is 0 Å². The second-order valence-corrected chi connectivity index (χ2v) is 5.86. The maximum Gasteiger partial charge on any atom is 0.247 e. The molecule has 1 atom stereocenters. The number of amides is 2. The highest BCUT2D eigenvalue weighted by molar-refractivity contribution is 5.90. The lowest BCUT2D eigenvalue weighted by atomic mass is 10.0. The molecule has 2 amide bonds. The zero-order chi connectivity index (χ0) is 17.8. The number of nitrogens with zero attached hydrogens (tertiary/aromatic N) is 1. The lowest BCUT2D eigenvalue weighted by Crippen LogP contribution is -2.52. The molecule has 1 aliphatic heterocycles. The zero-order valence-corrected chi connectivity index (χ0v) is 13.9. The second kappa shape index (κ2) is 7.34. The Hall–Kier alpha value is -2.89. The van der Waals surface area contributed by atoms with Crippen LogP contribution in [0.15, 0.2) is 48.5 Å². The van der Waals surface area contributed by atoms with Crippen LogP contribution in [0, 0.1) is 5.82 Å². The van der Waals surface area contributed by atoms with Crippen LogP contribution in [0.4, 0.5) is 4.39 Å². The van der Waals surface area contributed by atoms with E-state index in [9.17, 15) is 14.0 Å². The molecule has 2 aromatic carbocycles. The molecule has 0 aliphatic carbocycles. The number of ether oxygens (including phenoxy) is 1. The van der Waals surface area contributed by atoms with Crippen molar-refractivity contribution in [3.8, 4) is 5.75 Å². The van der Waals surface area contributed by atoms with Crippen molar-refractivity contribution < 1.29 is 18.7 Å². The van der Waals surface area contributed by atoms with E-state index in [1.807, 2.05) is 18.2 Å². The highest BCUT2D eigenvalue weighted by Gasteiger charge is 2.34. The van der Waals surface area contributed by atoms with Crippen molar-refractivity contribution in [2.45, 2.75) is 12.5 Å². The molecule has 2 aromatic rings. The topological polar surface area (TPSA) is 58.6 Å². The molecule has 3 rings (SSSR count). The van der Waals surface area contributed by atoms with Crippen LogP contribution in [0.1, 0.15) is 17.2 Å². The molecule has 0 bridgehead atoms. The molecule has 1 N–H and O–H groups in total. The number of carbonyl (C=O) groups is 2. The normalized spacial score (nSPS) is 17.1. The first-order valence-corrected chi connectivity index (χ1v) is 8.04. The fraction of sp³-hybridized carbons (Fsp3) is 0.263. The minimum atomic E-state index is -0.743. The van der Waals surface area contributed by atoms with E-state index < -0.39 is 6.04 Å². The average Bonchev–Trinajstić information content (AvgIpc) is 2.62. The van der Waals surface area contributed by atoms with Crippen LogP contribution < -0.4 is 10.1 Å². The third-order valence-electron chi connectivity index (χ3n) is 4.21. The van der Waals surface area contributed by atoms with Crippen LogP contribution in [0.2, 0.25) is 0 Å². The van der Waals surface area contributed by atoms with E-state index >= 15 is 0 Å². The summed E-state index contributed by atoms with van der Waals surface area (Å²) in [5, 5.41) is 2.77. The highest BCUT2D eigenvalue weighted by atomic mass is 19.1. The van der Waals surface area contributed by atoms with Crippen molar-refractivity contribution in [2.24, 2.45) is 0 Å². The van der Waals surface area contributed by atoms with E-state index in [0.29, 0.717) is 24.4 Å². The number of carbonyl (C=O) groups excluding carboxylic acids is 2. The molecule has 1 heterocycles. The number of piperazine rings is 1. The number of halogens is 1. The molecule has 0 saturated carbocycles. The lowest BCUT2D eigenvalue weighted by Gasteiger charge is -2.35.